The lowest BCUT2D eigenvalue weighted by molar-refractivity contribution is -0.151. The molecular weight excluding hydrogens is 386 g/mol. The second-order valence-corrected chi connectivity index (χ2v) is 10.2. The number of hydrogen-bond acceptors (Lipinski definition) is 5. The first-order valence-electron chi connectivity index (χ1n) is 11.2. The molecule has 0 radical (unpaired) electrons. The molecule has 0 aromatic carbocycles. The third kappa shape index (κ3) is 3.69. The van der Waals surface area contributed by atoms with Crippen LogP contribution in [0.25, 0.3) is 0 Å². The van der Waals surface area contributed by atoms with Gasteiger partial charge >= 0.3 is 12.0 Å². The monoisotopic (exact) mass is 419 g/mol. The summed E-state index contributed by atoms with van der Waals surface area (Å²) in [4.78, 5) is 49.7. The molecule has 5 fully saturated rings. The van der Waals surface area contributed by atoms with Crippen LogP contribution in [0.3, 0.4) is 0 Å². The van der Waals surface area contributed by atoms with Gasteiger partial charge in [-0.25, -0.2) is 4.79 Å². The zero-order valence-corrected chi connectivity index (χ0v) is 18.2. The van der Waals surface area contributed by atoms with E-state index in [1.165, 1.54) is 38.5 Å². The quantitative estimate of drug-likeness (QED) is 0.485. The van der Waals surface area contributed by atoms with Gasteiger partial charge in [0.15, 0.2) is 6.61 Å². The van der Waals surface area contributed by atoms with Crippen LogP contribution >= 0.6 is 0 Å². The van der Waals surface area contributed by atoms with E-state index < -0.39 is 36.6 Å². The standard InChI is InChI=1S/C22H33N3O5/c1-4-21(3)19(28)25(20(29)24-21)11-18(27)30-12-17(26)23-13(2)22-8-14-5-15(9-22)7-16(6-14)10-22/h13-16H,4-12H2,1-3H3,(H,23,26)(H,24,29)/t13-,14?,15?,16?,21-,22?/m1/s1. The average Bonchev–Trinajstić information content (AvgIpc) is 2.89. The van der Waals surface area contributed by atoms with Gasteiger partial charge in [-0.15, -0.1) is 0 Å². The molecule has 0 aromatic heterocycles. The molecular formula is C22H33N3O5. The second kappa shape index (κ2) is 7.54. The van der Waals surface area contributed by atoms with Crippen LogP contribution in [0.5, 0.6) is 0 Å². The maximum atomic E-state index is 12.4. The Kier molecular flexibility index (Phi) is 5.31. The Bertz CT molecular complexity index is 731. The Morgan fingerprint density at radius 3 is 2.23 bits per heavy atom. The van der Waals surface area contributed by atoms with Gasteiger partial charge in [-0.05, 0) is 82.0 Å². The molecule has 8 nitrogen and oxygen atoms in total. The summed E-state index contributed by atoms with van der Waals surface area (Å²) in [6, 6.07) is -0.561. The van der Waals surface area contributed by atoms with Crippen molar-refractivity contribution in [1.82, 2.24) is 15.5 Å². The van der Waals surface area contributed by atoms with Crippen LogP contribution in [0.2, 0.25) is 0 Å². The normalized spacial score (nSPS) is 37.8. The first kappa shape index (κ1) is 21.1. The van der Waals surface area contributed by atoms with E-state index >= 15 is 0 Å². The van der Waals surface area contributed by atoms with Crippen LogP contribution in [-0.4, -0.2) is 53.4 Å². The van der Waals surface area contributed by atoms with Gasteiger partial charge in [-0.1, -0.05) is 6.92 Å². The molecule has 0 unspecified atom stereocenters. The molecule has 1 aliphatic heterocycles. The van der Waals surface area contributed by atoms with Gasteiger partial charge in [-0.2, -0.15) is 0 Å². The van der Waals surface area contributed by atoms with Crippen molar-refractivity contribution in [3.8, 4) is 0 Å². The minimum absolute atomic E-state index is 0.0494. The number of carbonyl (C=O) groups excluding carboxylic acids is 4. The SMILES string of the molecule is CC[C@@]1(C)NC(=O)N(CC(=O)OCC(=O)N[C@H](C)C23CC4CC(CC(C4)C2)C3)C1=O. The predicted octanol–water partition coefficient (Wildman–Crippen LogP) is 1.97. The van der Waals surface area contributed by atoms with Gasteiger partial charge in [-0.3, -0.25) is 19.3 Å². The number of carbonyl (C=O) groups is 4. The van der Waals surface area contributed by atoms with Crippen molar-refractivity contribution in [2.45, 2.75) is 77.3 Å². The summed E-state index contributed by atoms with van der Waals surface area (Å²) >= 11 is 0. The first-order valence-corrected chi connectivity index (χ1v) is 11.2. The molecule has 2 atom stereocenters. The van der Waals surface area contributed by atoms with Gasteiger partial charge in [0.05, 0.1) is 0 Å². The smallest absolute Gasteiger partial charge is 0.326 e. The van der Waals surface area contributed by atoms with Gasteiger partial charge in [0.25, 0.3) is 11.8 Å². The third-order valence-electron chi connectivity index (χ3n) is 8.09. The number of rotatable bonds is 7. The molecule has 4 saturated carbocycles. The summed E-state index contributed by atoms with van der Waals surface area (Å²) in [6.45, 7) is 4.60. The molecule has 8 heteroatoms. The van der Waals surface area contributed by atoms with Crippen LogP contribution in [0.15, 0.2) is 0 Å². The number of imide groups is 1. The van der Waals surface area contributed by atoms with Gasteiger partial charge in [0.1, 0.15) is 12.1 Å². The molecule has 166 valence electrons. The summed E-state index contributed by atoms with van der Waals surface area (Å²) in [6.07, 6.45) is 8.01. The number of nitrogens with zero attached hydrogens (tertiary/aromatic N) is 1. The lowest BCUT2D eigenvalue weighted by Gasteiger charge is -2.59. The summed E-state index contributed by atoms with van der Waals surface area (Å²) in [5, 5.41) is 5.64. The zero-order valence-electron chi connectivity index (χ0n) is 18.2. The van der Waals surface area contributed by atoms with Crippen LogP contribution < -0.4 is 10.6 Å². The Hall–Kier alpha value is -2.12. The van der Waals surface area contributed by atoms with Crippen LogP contribution in [0.1, 0.15) is 65.7 Å². The Labute approximate surface area is 177 Å². The highest BCUT2D eigenvalue weighted by Gasteiger charge is 2.53. The minimum Gasteiger partial charge on any atom is -0.454 e. The van der Waals surface area contributed by atoms with E-state index in [2.05, 4.69) is 17.6 Å². The van der Waals surface area contributed by atoms with Gasteiger partial charge < -0.3 is 15.4 Å². The van der Waals surface area contributed by atoms with Gasteiger partial charge in [0, 0.05) is 6.04 Å². The van der Waals surface area contributed by atoms with Crippen molar-refractivity contribution in [3.05, 3.63) is 0 Å². The van der Waals surface area contributed by atoms with Crippen molar-refractivity contribution < 1.29 is 23.9 Å². The predicted molar refractivity (Wildman–Crippen MR) is 108 cm³/mol. The molecule has 1 heterocycles. The van der Waals surface area contributed by atoms with Crippen molar-refractivity contribution in [3.63, 3.8) is 0 Å². The fourth-order valence-corrected chi connectivity index (χ4v) is 6.60. The summed E-state index contributed by atoms with van der Waals surface area (Å²) in [5.41, 5.74) is -0.818. The lowest BCUT2D eigenvalue weighted by Crippen LogP contribution is -2.56. The largest absolute Gasteiger partial charge is 0.454 e. The molecule has 4 aliphatic carbocycles. The number of hydrogen-bond donors (Lipinski definition) is 2. The Morgan fingerprint density at radius 1 is 1.17 bits per heavy atom. The topological polar surface area (TPSA) is 105 Å². The maximum Gasteiger partial charge on any atom is 0.326 e. The van der Waals surface area contributed by atoms with Crippen LogP contribution in [0, 0.1) is 23.2 Å². The molecule has 0 aromatic rings. The molecule has 5 rings (SSSR count). The van der Waals surface area contributed by atoms with Crippen LogP contribution in [-0.2, 0) is 19.1 Å². The van der Waals surface area contributed by atoms with E-state index in [0.29, 0.717) is 6.42 Å². The number of nitrogens with one attached hydrogen (secondary N) is 2. The van der Waals surface area contributed by atoms with E-state index in [-0.39, 0.29) is 17.4 Å². The summed E-state index contributed by atoms with van der Waals surface area (Å²) < 4.78 is 5.06. The number of amides is 4. The Balaban J connectivity index is 1.26. The molecule has 2 N–H and O–H groups in total. The van der Waals surface area contributed by atoms with E-state index in [1.54, 1.807) is 13.8 Å². The van der Waals surface area contributed by atoms with Crippen molar-refractivity contribution in [2.24, 2.45) is 23.2 Å². The van der Waals surface area contributed by atoms with Crippen molar-refractivity contribution in [2.75, 3.05) is 13.2 Å². The van der Waals surface area contributed by atoms with Crippen molar-refractivity contribution in [1.29, 1.82) is 0 Å². The highest BCUT2D eigenvalue weighted by molar-refractivity contribution is 6.08. The van der Waals surface area contributed by atoms with E-state index in [1.807, 2.05) is 0 Å². The molecule has 4 amide bonds. The average molecular weight is 420 g/mol. The fourth-order valence-electron chi connectivity index (χ4n) is 6.60. The number of urea groups is 1. The van der Waals surface area contributed by atoms with E-state index in [0.717, 1.165) is 22.7 Å². The molecule has 1 saturated heterocycles. The highest BCUT2D eigenvalue weighted by atomic mass is 16.5. The first-order chi connectivity index (χ1) is 14.1. The van der Waals surface area contributed by atoms with E-state index in [4.69, 9.17) is 4.74 Å². The zero-order chi connectivity index (χ0) is 21.7. The number of ether oxygens (including phenoxy) is 1. The third-order valence-corrected chi connectivity index (χ3v) is 8.09. The van der Waals surface area contributed by atoms with Gasteiger partial charge in [0.2, 0.25) is 0 Å². The maximum absolute atomic E-state index is 12.4. The molecule has 30 heavy (non-hydrogen) atoms. The minimum atomic E-state index is -0.998. The number of esters is 1. The molecule has 5 aliphatic rings. The van der Waals surface area contributed by atoms with Crippen molar-refractivity contribution >= 4 is 23.8 Å². The molecule has 0 spiro atoms. The highest BCUT2D eigenvalue weighted by Crippen LogP contribution is 2.61. The summed E-state index contributed by atoms with van der Waals surface area (Å²) in [5.74, 6) is 0.842. The van der Waals surface area contributed by atoms with E-state index in [9.17, 15) is 19.2 Å². The Morgan fingerprint density at radius 2 is 1.73 bits per heavy atom. The van der Waals surface area contributed by atoms with Crippen LogP contribution in [0.4, 0.5) is 4.79 Å². The molecule has 4 bridgehead atoms. The fraction of sp³-hybridized carbons (Fsp3) is 0.818. The lowest BCUT2D eigenvalue weighted by atomic mass is 9.48. The second-order valence-electron chi connectivity index (χ2n) is 10.2. The summed E-state index contributed by atoms with van der Waals surface area (Å²) in [7, 11) is 0.